The summed E-state index contributed by atoms with van der Waals surface area (Å²) in [5.74, 6) is 0.148. The van der Waals surface area contributed by atoms with Crippen molar-refractivity contribution in [1.29, 1.82) is 0 Å². The number of anilines is 1. The maximum Gasteiger partial charge on any atom is 0.122 e. The molecular weight excluding hydrogens is 219 g/mol. The largest absolute Gasteiger partial charge is 0.508 e. The molecule has 0 amide bonds. The first-order valence-corrected chi connectivity index (χ1v) is 6.03. The van der Waals surface area contributed by atoms with Crippen LogP contribution in [0.15, 0.2) is 18.2 Å². The van der Waals surface area contributed by atoms with Gasteiger partial charge < -0.3 is 15.7 Å². The van der Waals surface area contributed by atoms with Crippen LogP contribution in [0.4, 0.5) is 10.1 Å². The predicted octanol–water partition coefficient (Wildman–Crippen LogP) is 2.60. The molecule has 0 saturated heterocycles. The first-order valence-electron chi connectivity index (χ1n) is 6.03. The summed E-state index contributed by atoms with van der Waals surface area (Å²) in [7, 11) is 0. The van der Waals surface area contributed by atoms with Gasteiger partial charge in [-0.25, -0.2) is 0 Å². The summed E-state index contributed by atoms with van der Waals surface area (Å²) < 4.78 is 12.2. The molecule has 0 radical (unpaired) electrons. The normalized spacial score (nSPS) is 12.5. The Balaban J connectivity index is 2.92. The van der Waals surface area contributed by atoms with Crippen LogP contribution >= 0.6 is 0 Å². The molecular formula is C13H21FN2O. The van der Waals surface area contributed by atoms with E-state index in [0.29, 0.717) is 5.56 Å². The Morgan fingerprint density at radius 2 is 2.00 bits per heavy atom. The fourth-order valence-electron chi connectivity index (χ4n) is 1.90. The number of nitrogens with two attached hydrogens (primary N) is 1. The van der Waals surface area contributed by atoms with Gasteiger partial charge in [0.2, 0.25) is 0 Å². The van der Waals surface area contributed by atoms with E-state index in [0.717, 1.165) is 18.8 Å². The minimum absolute atomic E-state index is 0.148. The van der Waals surface area contributed by atoms with Gasteiger partial charge in [-0.2, -0.15) is 0 Å². The van der Waals surface area contributed by atoms with E-state index in [1.54, 1.807) is 12.1 Å². The van der Waals surface area contributed by atoms with E-state index < -0.39 is 12.7 Å². The zero-order chi connectivity index (χ0) is 12.8. The molecule has 0 aliphatic carbocycles. The van der Waals surface area contributed by atoms with E-state index in [4.69, 9.17) is 5.73 Å². The van der Waals surface area contributed by atoms with Crippen molar-refractivity contribution < 1.29 is 9.50 Å². The highest BCUT2D eigenvalue weighted by Gasteiger charge is 2.12. The number of aromatic hydroxyl groups is 1. The minimum atomic E-state index is -0.474. The Kier molecular flexibility index (Phi) is 5.22. The summed E-state index contributed by atoms with van der Waals surface area (Å²) in [6, 6.07) is 4.95. The molecule has 0 saturated carbocycles. The van der Waals surface area contributed by atoms with Crippen LogP contribution in [0.2, 0.25) is 0 Å². The average Bonchev–Trinajstić information content (AvgIpc) is 2.31. The quantitative estimate of drug-likeness (QED) is 0.803. The fraction of sp³-hybridized carbons (Fsp3) is 0.538. The molecule has 4 heteroatoms. The van der Waals surface area contributed by atoms with E-state index in [2.05, 4.69) is 18.7 Å². The second kappa shape index (κ2) is 6.45. The van der Waals surface area contributed by atoms with Crippen LogP contribution in [-0.4, -0.2) is 24.9 Å². The van der Waals surface area contributed by atoms with Crippen molar-refractivity contribution >= 4 is 5.69 Å². The van der Waals surface area contributed by atoms with Crippen molar-refractivity contribution in [3.8, 4) is 5.75 Å². The molecule has 17 heavy (non-hydrogen) atoms. The number of nitrogens with zero attached hydrogens (tertiary/aromatic N) is 1. The molecule has 0 spiro atoms. The smallest absolute Gasteiger partial charge is 0.122 e. The van der Waals surface area contributed by atoms with Gasteiger partial charge in [0.05, 0.1) is 6.67 Å². The van der Waals surface area contributed by atoms with Gasteiger partial charge in [-0.1, -0.05) is 6.07 Å². The molecule has 96 valence electrons. The lowest BCUT2D eigenvalue weighted by molar-refractivity contribution is 0.424. The van der Waals surface area contributed by atoms with E-state index in [1.165, 1.54) is 0 Å². The van der Waals surface area contributed by atoms with Gasteiger partial charge in [-0.15, -0.1) is 0 Å². The molecule has 1 aromatic carbocycles. The van der Waals surface area contributed by atoms with E-state index in [-0.39, 0.29) is 12.2 Å². The number of rotatable bonds is 6. The third-order valence-electron chi connectivity index (χ3n) is 2.96. The van der Waals surface area contributed by atoms with Gasteiger partial charge in [0.1, 0.15) is 5.75 Å². The van der Waals surface area contributed by atoms with Gasteiger partial charge in [0, 0.05) is 36.4 Å². The van der Waals surface area contributed by atoms with Crippen molar-refractivity contribution in [2.24, 2.45) is 5.73 Å². The third-order valence-corrected chi connectivity index (χ3v) is 2.96. The Bertz CT molecular complexity index is 353. The van der Waals surface area contributed by atoms with E-state index in [9.17, 15) is 9.50 Å². The first-order chi connectivity index (χ1) is 8.13. The molecule has 3 N–H and O–H groups in total. The molecule has 3 nitrogen and oxygen atoms in total. The summed E-state index contributed by atoms with van der Waals surface area (Å²) in [4.78, 5) is 2.13. The fourth-order valence-corrected chi connectivity index (χ4v) is 1.90. The van der Waals surface area contributed by atoms with Crippen LogP contribution < -0.4 is 10.6 Å². The van der Waals surface area contributed by atoms with Crippen LogP contribution in [0, 0.1) is 0 Å². The van der Waals surface area contributed by atoms with Gasteiger partial charge in [0.15, 0.2) is 0 Å². The Labute approximate surface area is 102 Å². The van der Waals surface area contributed by atoms with Gasteiger partial charge in [0.25, 0.3) is 0 Å². The summed E-state index contributed by atoms with van der Waals surface area (Å²) in [5, 5.41) is 9.90. The summed E-state index contributed by atoms with van der Waals surface area (Å²) in [5.41, 5.74) is 7.36. The molecule has 0 heterocycles. The zero-order valence-electron chi connectivity index (χ0n) is 10.5. The maximum absolute atomic E-state index is 12.2. The molecule has 1 atom stereocenters. The van der Waals surface area contributed by atoms with E-state index in [1.807, 2.05) is 6.07 Å². The van der Waals surface area contributed by atoms with Crippen molar-refractivity contribution in [1.82, 2.24) is 0 Å². The molecule has 0 aromatic heterocycles. The summed E-state index contributed by atoms with van der Waals surface area (Å²) in [6.07, 6.45) is 0.234. The molecule has 0 fully saturated rings. The van der Waals surface area contributed by atoms with Crippen LogP contribution in [-0.2, 0) is 0 Å². The topological polar surface area (TPSA) is 49.5 Å². The highest BCUT2D eigenvalue weighted by Crippen LogP contribution is 2.29. The van der Waals surface area contributed by atoms with Gasteiger partial charge in [-0.3, -0.25) is 4.39 Å². The second-order valence-corrected chi connectivity index (χ2v) is 4.00. The van der Waals surface area contributed by atoms with Gasteiger partial charge in [-0.05, 0) is 26.3 Å². The number of phenols is 1. The van der Waals surface area contributed by atoms with Crippen molar-refractivity contribution in [2.75, 3.05) is 24.7 Å². The lowest BCUT2D eigenvalue weighted by Gasteiger charge is -2.22. The maximum atomic E-state index is 12.2. The Morgan fingerprint density at radius 1 is 1.35 bits per heavy atom. The third kappa shape index (κ3) is 3.33. The molecule has 1 rings (SSSR count). The monoisotopic (exact) mass is 240 g/mol. The highest BCUT2D eigenvalue weighted by molar-refractivity contribution is 5.53. The zero-order valence-corrected chi connectivity index (χ0v) is 10.5. The number of phenolic OH excluding ortho intramolecular Hbond substituents is 1. The van der Waals surface area contributed by atoms with Crippen molar-refractivity contribution in [2.45, 2.75) is 26.3 Å². The van der Waals surface area contributed by atoms with Crippen LogP contribution in [0.5, 0.6) is 5.75 Å². The lowest BCUT2D eigenvalue weighted by Crippen LogP contribution is -2.21. The Hall–Kier alpha value is -1.29. The standard InChI is InChI=1S/C13H21FN2O/c1-3-16(4-2)10-5-6-11(13(17)9-10)12(15)7-8-14/h5-6,9,12,17H,3-4,7-8,15H2,1-2H3/t12-/m0/s1. The van der Waals surface area contributed by atoms with Crippen LogP contribution in [0.3, 0.4) is 0 Å². The minimum Gasteiger partial charge on any atom is -0.508 e. The Morgan fingerprint density at radius 3 is 2.47 bits per heavy atom. The SMILES string of the molecule is CCN(CC)c1ccc([C@@H](N)CCF)c(O)c1. The van der Waals surface area contributed by atoms with Crippen LogP contribution in [0.25, 0.3) is 0 Å². The number of hydrogen-bond acceptors (Lipinski definition) is 3. The number of benzene rings is 1. The van der Waals surface area contributed by atoms with Crippen molar-refractivity contribution in [3.63, 3.8) is 0 Å². The second-order valence-electron chi connectivity index (χ2n) is 4.00. The molecule has 0 aliphatic rings. The summed E-state index contributed by atoms with van der Waals surface area (Å²) in [6.45, 7) is 5.41. The average molecular weight is 240 g/mol. The van der Waals surface area contributed by atoms with Gasteiger partial charge >= 0.3 is 0 Å². The predicted molar refractivity (Wildman–Crippen MR) is 69.2 cm³/mol. The number of halogens is 1. The molecule has 0 unspecified atom stereocenters. The number of hydrogen-bond donors (Lipinski definition) is 2. The van der Waals surface area contributed by atoms with Crippen molar-refractivity contribution in [3.05, 3.63) is 23.8 Å². The molecule has 0 bridgehead atoms. The molecule has 0 aliphatic heterocycles. The first kappa shape index (κ1) is 13.8. The summed E-state index contributed by atoms with van der Waals surface area (Å²) >= 11 is 0. The van der Waals surface area contributed by atoms with Crippen LogP contribution in [0.1, 0.15) is 31.9 Å². The number of alkyl halides is 1. The van der Waals surface area contributed by atoms with E-state index >= 15 is 0 Å². The molecule has 1 aromatic rings. The lowest BCUT2D eigenvalue weighted by atomic mass is 10.0. The highest BCUT2D eigenvalue weighted by atomic mass is 19.1.